The molecule has 7 nitrogen and oxygen atoms in total. The molecule has 1 fully saturated rings. The van der Waals surface area contributed by atoms with Crippen LogP contribution in [0.5, 0.6) is 0 Å². The van der Waals surface area contributed by atoms with Gasteiger partial charge in [-0.05, 0) is 38.8 Å². The first-order chi connectivity index (χ1) is 12.0. The Labute approximate surface area is 147 Å². The molecule has 0 bridgehead atoms. The third-order valence-electron chi connectivity index (χ3n) is 4.56. The molecule has 2 N–H and O–H groups in total. The van der Waals surface area contributed by atoms with E-state index in [-0.39, 0.29) is 11.9 Å². The maximum atomic E-state index is 12.1. The fourth-order valence-electron chi connectivity index (χ4n) is 2.91. The Morgan fingerprint density at radius 2 is 2.08 bits per heavy atom. The van der Waals surface area contributed by atoms with Crippen LogP contribution < -0.4 is 10.6 Å². The average molecular weight is 343 g/mol. The van der Waals surface area contributed by atoms with Gasteiger partial charge in [0.25, 0.3) is 0 Å². The Morgan fingerprint density at radius 3 is 2.76 bits per heavy atom. The topological polar surface area (TPSA) is 79.3 Å². The number of fused-ring (bicyclic) bond motifs is 1. The Kier molecular flexibility index (Phi) is 4.92. The maximum absolute atomic E-state index is 12.1. The number of urea groups is 1. The number of benzene rings is 1. The highest BCUT2D eigenvalue weighted by Crippen LogP contribution is 2.38. The summed E-state index contributed by atoms with van der Waals surface area (Å²) in [4.78, 5) is 30.4. The molecule has 2 aromatic rings. The molecule has 0 radical (unpaired) electrons. The minimum Gasteiger partial charge on any atom is -0.344 e. The number of para-hydroxylation sites is 2. The van der Waals surface area contributed by atoms with Gasteiger partial charge in [0.2, 0.25) is 5.91 Å². The monoisotopic (exact) mass is 343 g/mol. The van der Waals surface area contributed by atoms with Gasteiger partial charge in [-0.25, -0.2) is 9.78 Å². The number of hydrogen-bond acceptors (Lipinski definition) is 3. The van der Waals surface area contributed by atoms with Crippen LogP contribution in [-0.4, -0.2) is 46.0 Å². The lowest BCUT2D eigenvalue weighted by molar-refractivity contribution is -0.131. The quantitative estimate of drug-likeness (QED) is 0.842. The summed E-state index contributed by atoms with van der Waals surface area (Å²) in [5, 5.41) is 5.51. The van der Waals surface area contributed by atoms with Crippen molar-refractivity contribution in [1.29, 1.82) is 0 Å². The van der Waals surface area contributed by atoms with Crippen LogP contribution in [0.1, 0.15) is 38.6 Å². The van der Waals surface area contributed by atoms with Gasteiger partial charge in [-0.15, -0.1) is 0 Å². The number of amides is 3. The molecular formula is C18H25N5O2. The van der Waals surface area contributed by atoms with Gasteiger partial charge in [0, 0.05) is 19.6 Å². The summed E-state index contributed by atoms with van der Waals surface area (Å²) in [6.45, 7) is 4.53. The Balaban J connectivity index is 1.64. The highest BCUT2D eigenvalue weighted by atomic mass is 16.2. The van der Waals surface area contributed by atoms with Crippen molar-refractivity contribution in [3.63, 3.8) is 0 Å². The average Bonchev–Trinajstić information content (AvgIpc) is 3.38. The molecule has 1 atom stereocenters. The van der Waals surface area contributed by atoms with Crippen molar-refractivity contribution in [3.05, 3.63) is 30.1 Å². The predicted octanol–water partition coefficient (Wildman–Crippen LogP) is 2.04. The number of nitrogens with one attached hydrogen (secondary N) is 2. The van der Waals surface area contributed by atoms with Crippen molar-refractivity contribution in [2.45, 2.75) is 45.3 Å². The summed E-state index contributed by atoms with van der Waals surface area (Å²) in [6, 6.07) is 7.57. The Bertz CT molecular complexity index is 781. The van der Waals surface area contributed by atoms with E-state index in [1.54, 1.807) is 18.9 Å². The lowest BCUT2D eigenvalue weighted by atomic mass is 10.3. The molecule has 1 saturated carbocycles. The summed E-state index contributed by atoms with van der Waals surface area (Å²) in [5.74, 6) is 0.742. The molecule has 1 aliphatic rings. The zero-order valence-electron chi connectivity index (χ0n) is 15.0. The third-order valence-corrected chi connectivity index (χ3v) is 4.56. The summed E-state index contributed by atoms with van der Waals surface area (Å²) in [5.41, 5.74) is 2.05. The van der Waals surface area contributed by atoms with Gasteiger partial charge in [-0.3, -0.25) is 4.79 Å². The minimum atomic E-state index is -0.563. The van der Waals surface area contributed by atoms with Crippen LogP contribution in [0.2, 0.25) is 0 Å². The van der Waals surface area contributed by atoms with Gasteiger partial charge in [-0.1, -0.05) is 12.1 Å². The highest BCUT2D eigenvalue weighted by Gasteiger charge is 2.28. The second kappa shape index (κ2) is 7.13. The first kappa shape index (κ1) is 17.3. The van der Waals surface area contributed by atoms with E-state index in [4.69, 9.17) is 0 Å². The summed E-state index contributed by atoms with van der Waals surface area (Å²) >= 11 is 0. The molecule has 0 aliphatic heterocycles. The lowest BCUT2D eigenvalue weighted by Crippen LogP contribution is -2.48. The van der Waals surface area contributed by atoms with Crippen LogP contribution in [0.15, 0.2) is 24.3 Å². The second-order valence-electron chi connectivity index (χ2n) is 6.52. The molecule has 0 unspecified atom stereocenters. The fourth-order valence-corrected chi connectivity index (χ4v) is 2.91. The molecular weight excluding hydrogens is 318 g/mol. The number of carbonyl (C=O) groups excluding carboxylic acids is 2. The second-order valence-corrected chi connectivity index (χ2v) is 6.52. The summed E-state index contributed by atoms with van der Waals surface area (Å²) < 4.78 is 2.22. The van der Waals surface area contributed by atoms with E-state index in [0.717, 1.165) is 29.7 Å². The van der Waals surface area contributed by atoms with E-state index in [1.165, 1.54) is 0 Å². The molecule has 1 heterocycles. The van der Waals surface area contributed by atoms with E-state index < -0.39 is 6.04 Å². The van der Waals surface area contributed by atoms with Gasteiger partial charge in [0.15, 0.2) is 0 Å². The van der Waals surface area contributed by atoms with Crippen molar-refractivity contribution < 1.29 is 9.59 Å². The van der Waals surface area contributed by atoms with Crippen LogP contribution in [0, 0.1) is 0 Å². The molecule has 134 valence electrons. The molecule has 1 aromatic heterocycles. The number of carbonyl (C=O) groups is 2. The Hall–Kier alpha value is -2.57. The lowest BCUT2D eigenvalue weighted by Gasteiger charge is -2.20. The number of nitrogens with zero attached hydrogens (tertiary/aromatic N) is 3. The summed E-state index contributed by atoms with van der Waals surface area (Å²) in [7, 11) is 1.72. The standard InChI is InChI=1S/C18H25N5O2/c1-4-22(3)17(24)12(2)20-18(25)19-11-16-21-14-7-5-6-8-15(14)23(16)13-9-10-13/h5-8,12-13H,4,9-11H2,1-3H3,(H2,19,20,25)/t12-/m0/s1. The molecule has 1 aliphatic carbocycles. The van der Waals surface area contributed by atoms with E-state index in [1.807, 2.05) is 25.1 Å². The largest absolute Gasteiger partial charge is 0.344 e. The molecule has 0 saturated heterocycles. The first-order valence-electron chi connectivity index (χ1n) is 8.76. The third kappa shape index (κ3) is 3.75. The first-order valence-corrected chi connectivity index (χ1v) is 8.76. The number of rotatable bonds is 6. The number of imidazole rings is 1. The van der Waals surface area contributed by atoms with Crippen LogP contribution in [0.4, 0.5) is 4.79 Å². The van der Waals surface area contributed by atoms with E-state index in [2.05, 4.69) is 26.3 Å². The maximum Gasteiger partial charge on any atom is 0.315 e. The van der Waals surface area contributed by atoms with Crippen molar-refractivity contribution in [2.24, 2.45) is 0 Å². The van der Waals surface area contributed by atoms with Crippen molar-refractivity contribution >= 4 is 23.0 Å². The molecule has 0 spiro atoms. The van der Waals surface area contributed by atoms with Gasteiger partial charge < -0.3 is 20.1 Å². The van der Waals surface area contributed by atoms with Crippen molar-refractivity contribution in [2.75, 3.05) is 13.6 Å². The zero-order valence-corrected chi connectivity index (χ0v) is 15.0. The molecule has 3 amide bonds. The smallest absolute Gasteiger partial charge is 0.315 e. The van der Waals surface area contributed by atoms with E-state index >= 15 is 0 Å². The van der Waals surface area contributed by atoms with Crippen LogP contribution in [-0.2, 0) is 11.3 Å². The van der Waals surface area contributed by atoms with Gasteiger partial charge in [-0.2, -0.15) is 0 Å². The fraction of sp³-hybridized carbons (Fsp3) is 0.500. The van der Waals surface area contributed by atoms with Gasteiger partial charge in [0.05, 0.1) is 17.6 Å². The number of hydrogen-bond donors (Lipinski definition) is 2. The zero-order chi connectivity index (χ0) is 18.0. The minimum absolute atomic E-state index is 0.108. The van der Waals surface area contributed by atoms with E-state index in [0.29, 0.717) is 19.1 Å². The molecule has 3 rings (SSSR count). The highest BCUT2D eigenvalue weighted by molar-refractivity contribution is 5.86. The SMILES string of the molecule is CCN(C)C(=O)[C@H](C)NC(=O)NCc1nc2ccccc2n1C1CC1. The van der Waals surface area contributed by atoms with Crippen molar-refractivity contribution in [1.82, 2.24) is 25.1 Å². The number of likely N-dealkylation sites (N-methyl/N-ethyl adjacent to an activating group) is 1. The Morgan fingerprint density at radius 1 is 1.36 bits per heavy atom. The van der Waals surface area contributed by atoms with Gasteiger partial charge in [0.1, 0.15) is 11.9 Å². The predicted molar refractivity (Wildman–Crippen MR) is 96.1 cm³/mol. The molecule has 25 heavy (non-hydrogen) atoms. The van der Waals surface area contributed by atoms with Crippen LogP contribution in [0.3, 0.4) is 0 Å². The van der Waals surface area contributed by atoms with E-state index in [9.17, 15) is 9.59 Å². The van der Waals surface area contributed by atoms with Crippen LogP contribution >= 0.6 is 0 Å². The van der Waals surface area contributed by atoms with Gasteiger partial charge >= 0.3 is 6.03 Å². The van der Waals surface area contributed by atoms with Crippen LogP contribution in [0.25, 0.3) is 11.0 Å². The molecule has 1 aromatic carbocycles. The van der Waals surface area contributed by atoms with Crippen molar-refractivity contribution in [3.8, 4) is 0 Å². The summed E-state index contributed by atoms with van der Waals surface area (Å²) in [6.07, 6.45) is 2.29. The normalized spacial score (nSPS) is 15.0. The molecule has 7 heteroatoms. The number of aromatic nitrogens is 2.